The number of ether oxygens (including phenoxy) is 1. The lowest BCUT2D eigenvalue weighted by Crippen LogP contribution is -2.47. The summed E-state index contributed by atoms with van der Waals surface area (Å²) in [6.07, 6.45) is 88.2. The molecule has 524 valence electrons. The molecule has 0 saturated carbocycles. The van der Waals surface area contributed by atoms with Crippen LogP contribution in [-0.2, 0) is 27.9 Å². The molecule has 1 N–H and O–H groups in total. The average molecular weight is 1270 g/mol. The van der Waals surface area contributed by atoms with Gasteiger partial charge in [0, 0.05) is 12.8 Å². The van der Waals surface area contributed by atoms with Crippen LogP contribution < -0.4 is 10.2 Å². The highest BCUT2D eigenvalue weighted by atomic mass is 31.2. The molecule has 1 amide bonds. The summed E-state index contributed by atoms with van der Waals surface area (Å²) in [6.45, 7) is 6.89. The van der Waals surface area contributed by atoms with Crippen LogP contribution in [0.5, 0.6) is 0 Å². The number of hydrogen-bond donors (Lipinski definition) is 1. The second kappa shape index (κ2) is 68.8. The Morgan fingerprint density at radius 3 is 1.04 bits per heavy atom. The number of hydrogen-bond acceptors (Lipinski definition) is 7. The SMILES string of the molecule is CCCCC/C=C\C/C=C\C/C=C\CCCCCCCCCCCCCCCCC(=O)NC(COP(=O)([O-])OCC[N+](C)(C)C)C(/C=C/CCCCCCCCCCCCC)OC(=O)CCCCCCCCCCCCCCCCCCCCCCCCC. The molecule has 3 unspecified atom stereocenters. The molecule has 0 saturated heterocycles. The summed E-state index contributed by atoms with van der Waals surface area (Å²) in [7, 11) is 1.20. The summed E-state index contributed by atoms with van der Waals surface area (Å²) >= 11 is 0. The Kier molecular flexibility index (Phi) is 67.2. The molecule has 89 heavy (non-hydrogen) atoms. The maximum absolute atomic E-state index is 13.6. The summed E-state index contributed by atoms with van der Waals surface area (Å²) in [5, 5.41) is 3.06. The molecule has 0 aromatic rings. The number of phosphoric ester groups is 1. The molecule has 0 aromatic carbocycles. The van der Waals surface area contributed by atoms with Gasteiger partial charge in [0.2, 0.25) is 5.91 Å². The third-order valence-corrected chi connectivity index (χ3v) is 18.7. The fourth-order valence-corrected chi connectivity index (χ4v) is 12.5. The summed E-state index contributed by atoms with van der Waals surface area (Å²) in [5.41, 5.74) is 0. The van der Waals surface area contributed by atoms with E-state index in [1.165, 1.54) is 289 Å². The quantitative estimate of drug-likeness (QED) is 0.0212. The summed E-state index contributed by atoms with van der Waals surface area (Å²) in [4.78, 5) is 40.3. The molecule has 0 aliphatic rings. The number of nitrogens with zero attached hydrogens (tertiary/aromatic N) is 1. The Morgan fingerprint density at radius 1 is 0.393 bits per heavy atom. The molecular weight excluding hydrogens is 1120 g/mol. The largest absolute Gasteiger partial charge is 0.756 e. The van der Waals surface area contributed by atoms with Crippen molar-refractivity contribution >= 4 is 19.7 Å². The molecule has 0 aliphatic heterocycles. The van der Waals surface area contributed by atoms with Crippen molar-refractivity contribution in [1.82, 2.24) is 5.32 Å². The topological polar surface area (TPSA) is 114 Å². The van der Waals surface area contributed by atoms with Gasteiger partial charge in [-0.15, -0.1) is 0 Å². The van der Waals surface area contributed by atoms with Gasteiger partial charge >= 0.3 is 5.97 Å². The van der Waals surface area contributed by atoms with E-state index in [0.717, 1.165) is 70.6 Å². The second-order valence-corrected chi connectivity index (χ2v) is 29.3. The minimum atomic E-state index is -4.71. The Morgan fingerprint density at radius 2 is 0.685 bits per heavy atom. The molecular formula is C79H151N2O7P. The van der Waals surface area contributed by atoms with E-state index in [-0.39, 0.29) is 31.5 Å². The Bertz CT molecular complexity index is 1660. The molecule has 10 heteroatoms. The standard InChI is InChI=1S/C79H151N2O7P/c1-7-10-13-16-19-22-25-28-30-32-34-36-38-39-40-41-43-44-46-48-50-53-56-59-62-65-68-71-78(82)80-76(75-87-89(84,85)86-74-73-81(4,5)6)77(70-67-64-61-58-55-52-27-24-21-18-15-12-9-3)88-79(83)72-69-66-63-60-57-54-51-49-47-45-42-37-35-33-31-29-26-23-20-17-14-11-8-2/h19,22,28,30,34,36,67,70,76-77H,7-18,20-21,23-27,29,31-33,35,37-66,68-69,71-75H2,1-6H3,(H-,80,82,84,85)/b22-19-,30-28-,36-34-,70-67+. The lowest BCUT2D eigenvalue weighted by molar-refractivity contribution is -0.870. The van der Waals surface area contributed by atoms with Crippen LogP contribution in [0.3, 0.4) is 0 Å². The molecule has 0 fully saturated rings. The van der Waals surface area contributed by atoms with Gasteiger partial charge in [-0.2, -0.15) is 0 Å². The maximum atomic E-state index is 13.6. The highest BCUT2D eigenvalue weighted by molar-refractivity contribution is 7.45. The highest BCUT2D eigenvalue weighted by Gasteiger charge is 2.27. The smallest absolute Gasteiger partial charge is 0.306 e. The van der Waals surface area contributed by atoms with E-state index in [1.807, 2.05) is 33.3 Å². The molecule has 9 nitrogen and oxygen atoms in total. The van der Waals surface area contributed by atoms with Crippen LogP contribution in [-0.4, -0.2) is 69.4 Å². The van der Waals surface area contributed by atoms with E-state index in [2.05, 4.69) is 62.5 Å². The van der Waals surface area contributed by atoms with Crippen molar-refractivity contribution < 1.29 is 37.3 Å². The molecule has 0 spiro atoms. The molecule has 0 bridgehead atoms. The van der Waals surface area contributed by atoms with E-state index in [0.29, 0.717) is 17.4 Å². The third kappa shape index (κ3) is 70.1. The fourth-order valence-electron chi connectivity index (χ4n) is 11.8. The predicted molar refractivity (Wildman–Crippen MR) is 386 cm³/mol. The fraction of sp³-hybridized carbons (Fsp3) is 0.873. The van der Waals surface area contributed by atoms with Crippen LogP contribution in [0.2, 0.25) is 0 Å². The summed E-state index contributed by atoms with van der Waals surface area (Å²) < 4.78 is 30.6. The Hall–Kier alpha value is -2.03. The molecule has 0 heterocycles. The minimum absolute atomic E-state index is 0.0199. The summed E-state index contributed by atoms with van der Waals surface area (Å²) in [6, 6.07) is -0.887. The number of quaternary nitrogens is 1. The number of amides is 1. The van der Waals surface area contributed by atoms with Gasteiger partial charge in [-0.3, -0.25) is 14.2 Å². The molecule has 0 radical (unpaired) electrons. The first kappa shape index (κ1) is 87.0. The normalized spacial score (nSPS) is 13.7. The van der Waals surface area contributed by atoms with Crippen molar-refractivity contribution in [2.45, 2.75) is 405 Å². The molecule has 3 atom stereocenters. The van der Waals surface area contributed by atoms with Crippen LogP contribution in [0, 0.1) is 0 Å². The number of allylic oxidation sites excluding steroid dienone is 7. The number of carbonyl (C=O) groups is 2. The number of unbranched alkanes of at least 4 members (excludes halogenated alkanes) is 50. The highest BCUT2D eigenvalue weighted by Crippen LogP contribution is 2.38. The monoisotopic (exact) mass is 1270 g/mol. The number of rotatable bonds is 72. The van der Waals surface area contributed by atoms with Crippen LogP contribution in [0.4, 0.5) is 0 Å². The van der Waals surface area contributed by atoms with Crippen molar-refractivity contribution in [3.8, 4) is 0 Å². The number of phosphoric acid groups is 1. The Balaban J connectivity index is 4.97. The maximum Gasteiger partial charge on any atom is 0.306 e. The predicted octanol–water partition coefficient (Wildman–Crippen LogP) is 24.5. The average Bonchev–Trinajstić information content (AvgIpc) is 3.65. The van der Waals surface area contributed by atoms with Crippen LogP contribution in [0.15, 0.2) is 48.6 Å². The van der Waals surface area contributed by atoms with Gasteiger partial charge in [-0.1, -0.05) is 359 Å². The van der Waals surface area contributed by atoms with Gasteiger partial charge in [-0.05, 0) is 70.3 Å². The van der Waals surface area contributed by atoms with Crippen LogP contribution >= 0.6 is 7.82 Å². The van der Waals surface area contributed by atoms with Gasteiger partial charge in [0.05, 0.1) is 33.8 Å². The van der Waals surface area contributed by atoms with E-state index in [9.17, 15) is 19.0 Å². The van der Waals surface area contributed by atoms with Crippen molar-refractivity contribution in [2.75, 3.05) is 40.9 Å². The molecule has 0 aromatic heterocycles. The first-order valence-electron chi connectivity index (χ1n) is 38.9. The first-order valence-corrected chi connectivity index (χ1v) is 40.4. The second-order valence-electron chi connectivity index (χ2n) is 27.9. The minimum Gasteiger partial charge on any atom is -0.756 e. The van der Waals surface area contributed by atoms with Gasteiger partial charge in [0.25, 0.3) is 7.82 Å². The number of likely N-dealkylation sites (N-methyl/N-ethyl adjacent to an activating group) is 1. The molecule has 0 rings (SSSR count). The van der Waals surface area contributed by atoms with Crippen LogP contribution in [0.25, 0.3) is 0 Å². The van der Waals surface area contributed by atoms with Crippen LogP contribution in [0.1, 0.15) is 393 Å². The van der Waals surface area contributed by atoms with Crippen molar-refractivity contribution in [3.05, 3.63) is 48.6 Å². The van der Waals surface area contributed by atoms with Gasteiger partial charge < -0.3 is 28.5 Å². The van der Waals surface area contributed by atoms with Crippen molar-refractivity contribution in [2.24, 2.45) is 0 Å². The van der Waals surface area contributed by atoms with Crippen molar-refractivity contribution in [1.29, 1.82) is 0 Å². The zero-order chi connectivity index (χ0) is 64.9. The lowest BCUT2D eigenvalue weighted by atomic mass is 10.0. The zero-order valence-corrected chi connectivity index (χ0v) is 61.1. The first-order chi connectivity index (χ1) is 43.4. The van der Waals surface area contributed by atoms with Crippen molar-refractivity contribution in [3.63, 3.8) is 0 Å². The zero-order valence-electron chi connectivity index (χ0n) is 60.2. The Labute approximate surface area is 554 Å². The van der Waals surface area contributed by atoms with Gasteiger partial charge in [0.15, 0.2) is 0 Å². The summed E-state index contributed by atoms with van der Waals surface area (Å²) in [5.74, 6) is -0.519. The van der Waals surface area contributed by atoms with E-state index >= 15 is 0 Å². The van der Waals surface area contributed by atoms with E-state index in [1.54, 1.807) is 0 Å². The number of nitrogens with one attached hydrogen (secondary N) is 1. The van der Waals surface area contributed by atoms with E-state index in [4.69, 9.17) is 13.8 Å². The van der Waals surface area contributed by atoms with Gasteiger partial charge in [0.1, 0.15) is 19.3 Å². The lowest BCUT2D eigenvalue weighted by Gasteiger charge is -2.30. The number of esters is 1. The van der Waals surface area contributed by atoms with Gasteiger partial charge in [-0.25, -0.2) is 0 Å². The third-order valence-electron chi connectivity index (χ3n) is 17.8. The molecule has 0 aliphatic carbocycles. The number of carbonyl (C=O) groups excluding carboxylic acids is 2. The van der Waals surface area contributed by atoms with E-state index < -0.39 is 20.0 Å².